The van der Waals surface area contributed by atoms with Crippen LogP contribution in [-0.4, -0.2) is 15.1 Å². The highest BCUT2D eigenvalue weighted by atomic mass is 35.5. The molecule has 6 N–H and O–H groups in total. The van der Waals surface area contributed by atoms with Gasteiger partial charge < -0.3 is 11.1 Å². The highest BCUT2D eigenvalue weighted by Gasteiger charge is 2.20. The molecule has 0 aliphatic carbocycles. The van der Waals surface area contributed by atoms with Crippen LogP contribution in [0.3, 0.4) is 0 Å². The fourth-order valence-electron chi connectivity index (χ4n) is 2.23. The number of sulfonamides is 1. The summed E-state index contributed by atoms with van der Waals surface area (Å²) < 4.78 is 26.7. The topological polar surface area (TPSA) is 110 Å². The van der Waals surface area contributed by atoms with Crippen molar-refractivity contribution in [1.82, 2.24) is 4.72 Å². The zero-order chi connectivity index (χ0) is 15.9. The molecular formula is C13H13ClN4O2S2. The van der Waals surface area contributed by atoms with Gasteiger partial charge in [-0.15, -0.1) is 0 Å². The smallest absolute Gasteiger partial charge is 0.238 e. The highest BCUT2D eigenvalue weighted by Crippen LogP contribution is 2.40. The molecule has 0 saturated heterocycles. The quantitative estimate of drug-likeness (QED) is 0.485. The summed E-state index contributed by atoms with van der Waals surface area (Å²) in [5, 5.41) is 8.87. The predicted molar refractivity (Wildman–Crippen MR) is 90.2 cm³/mol. The lowest BCUT2D eigenvalue weighted by Crippen LogP contribution is -2.20. The van der Waals surface area contributed by atoms with Crippen LogP contribution < -0.4 is 20.9 Å². The Kier molecular flexibility index (Phi) is 3.96. The molecule has 1 aliphatic rings. The van der Waals surface area contributed by atoms with E-state index < -0.39 is 10.0 Å². The first kappa shape index (κ1) is 15.4. The first-order chi connectivity index (χ1) is 10.4. The maximum atomic E-state index is 11.8. The minimum atomic E-state index is -3.89. The van der Waals surface area contributed by atoms with E-state index in [1.807, 2.05) is 6.07 Å². The van der Waals surface area contributed by atoms with Gasteiger partial charge in [0.15, 0.2) is 0 Å². The van der Waals surface area contributed by atoms with Crippen molar-refractivity contribution >= 4 is 44.9 Å². The van der Waals surface area contributed by atoms with Crippen molar-refractivity contribution in [2.24, 2.45) is 5.14 Å². The summed E-state index contributed by atoms with van der Waals surface area (Å²) in [6.07, 6.45) is 0. The Bertz CT molecular complexity index is 855. The molecular weight excluding hydrogens is 344 g/mol. The van der Waals surface area contributed by atoms with Crippen LogP contribution in [0, 0.1) is 0 Å². The van der Waals surface area contributed by atoms with E-state index in [-0.39, 0.29) is 4.90 Å². The Balaban J connectivity index is 2.26. The second kappa shape index (κ2) is 5.64. The average molecular weight is 357 g/mol. The zero-order valence-electron chi connectivity index (χ0n) is 11.3. The highest BCUT2D eigenvalue weighted by molar-refractivity contribution is 7.97. The van der Waals surface area contributed by atoms with Gasteiger partial charge in [0.05, 0.1) is 22.3 Å². The van der Waals surface area contributed by atoms with Crippen LogP contribution in [0.1, 0.15) is 0 Å². The molecule has 1 aliphatic heterocycles. The van der Waals surface area contributed by atoms with E-state index in [1.54, 1.807) is 12.1 Å². The molecule has 0 atom stereocenters. The summed E-state index contributed by atoms with van der Waals surface area (Å²) in [7, 11) is -3.89. The Morgan fingerprint density at radius 2 is 1.95 bits per heavy atom. The Morgan fingerprint density at radius 3 is 2.68 bits per heavy atom. The Morgan fingerprint density at radius 1 is 1.18 bits per heavy atom. The number of rotatable bonds is 2. The van der Waals surface area contributed by atoms with Gasteiger partial charge in [-0.1, -0.05) is 11.6 Å². The molecule has 116 valence electrons. The first-order valence-electron chi connectivity index (χ1n) is 6.26. The standard InChI is InChI=1S/C13H13ClN4O2S2/c14-10-5-11-12(21-18-6-17-11)4-8(10)9-3-7(15)1-2-13(9)22(16,19)20/h1-5,17-18H,6,15H2,(H2,16,19,20). The number of nitrogen functional groups attached to an aromatic ring is 1. The summed E-state index contributed by atoms with van der Waals surface area (Å²) in [5.41, 5.74) is 8.06. The molecule has 0 fully saturated rings. The van der Waals surface area contributed by atoms with Gasteiger partial charge >= 0.3 is 0 Å². The molecule has 2 aromatic carbocycles. The van der Waals surface area contributed by atoms with Crippen LogP contribution >= 0.6 is 23.5 Å². The van der Waals surface area contributed by atoms with Crippen LogP contribution in [-0.2, 0) is 10.0 Å². The maximum absolute atomic E-state index is 11.8. The number of hydrogen-bond donors (Lipinski definition) is 4. The number of nitrogens with two attached hydrogens (primary N) is 2. The molecule has 9 heteroatoms. The number of nitrogens with one attached hydrogen (secondary N) is 2. The molecule has 22 heavy (non-hydrogen) atoms. The summed E-state index contributed by atoms with van der Waals surface area (Å²) in [5.74, 6) is 0. The van der Waals surface area contributed by atoms with Gasteiger partial charge in [-0.05, 0) is 42.3 Å². The molecule has 0 bridgehead atoms. The maximum Gasteiger partial charge on any atom is 0.238 e. The molecule has 0 saturated carbocycles. The number of halogens is 1. The molecule has 0 amide bonds. The summed E-state index contributed by atoms with van der Waals surface area (Å²) in [6.45, 7) is 0.619. The molecule has 2 aromatic rings. The number of benzene rings is 2. The Hall–Kier alpha value is -1.45. The van der Waals surface area contributed by atoms with Crippen molar-refractivity contribution in [2.75, 3.05) is 17.7 Å². The minimum absolute atomic E-state index is 0.00900. The van der Waals surface area contributed by atoms with Gasteiger partial charge in [-0.25, -0.2) is 18.3 Å². The van der Waals surface area contributed by atoms with E-state index in [9.17, 15) is 8.42 Å². The zero-order valence-corrected chi connectivity index (χ0v) is 13.6. The number of primary sulfonamides is 1. The Labute approximate surface area is 137 Å². The monoisotopic (exact) mass is 356 g/mol. The minimum Gasteiger partial charge on any atom is -0.399 e. The summed E-state index contributed by atoms with van der Waals surface area (Å²) in [4.78, 5) is 0.902. The van der Waals surface area contributed by atoms with E-state index in [2.05, 4.69) is 10.0 Å². The van der Waals surface area contributed by atoms with Crippen molar-refractivity contribution < 1.29 is 8.42 Å². The SMILES string of the molecule is Nc1ccc(S(N)(=O)=O)c(-c2cc3c(cc2Cl)NCNS3)c1. The van der Waals surface area contributed by atoms with Crippen LogP contribution in [0.5, 0.6) is 0 Å². The molecule has 6 nitrogen and oxygen atoms in total. The second-order valence-corrected chi connectivity index (χ2v) is 7.60. The van der Waals surface area contributed by atoms with Crippen LogP contribution in [0.4, 0.5) is 11.4 Å². The third-order valence-electron chi connectivity index (χ3n) is 3.20. The lowest BCUT2D eigenvalue weighted by atomic mass is 10.0. The van der Waals surface area contributed by atoms with E-state index in [1.165, 1.54) is 24.1 Å². The van der Waals surface area contributed by atoms with E-state index >= 15 is 0 Å². The van der Waals surface area contributed by atoms with E-state index in [4.69, 9.17) is 22.5 Å². The van der Waals surface area contributed by atoms with Crippen LogP contribution in [0.15, 0.2) is 40.1 Å². The van der Waals surface area contributed by atoms with Gasteiger partial charge in [0.1, 0.15) is 0 Å². The molecule has 0 radical (unpaired) electrons. The molecule has 0 aromatic heterocycles. The second-order valence-electron chi connectivity index (χ2n) is 4.73. The van der Waals surface area contributed by atoms with Crippen molar-refractivity contribution in [3.8, 4) is 11.1 Å². The summed E-state index contributed by atoms with van der Waals surface area (Å²) >= 11 is 7.76. The van der Waals surface area contributed by atoms with Crippen molar-refractivity contribution in [2.45, 2.75) is 9.79 Å². The van der Waals surface area contributed by atoms with Gasteiger partial charge in [0.25, 0.3) is 0 Å². The van der Waals surface area contributed by atoms with Gasteiger partial charge in [0.2, 0.25) is 10.0 Å². The third-order valence-corrected chi connectivity index (χ3v) is 5.33. The predicted octanol–water partition coefficient (Wildman–Crippen LogP) is 2.22. The molecule has 0 spiro atoms. The molecule has 1 heterocycles. The fraction of sp³-hybridized carbons (Fsp3) is 0.0769. The third kappa shape index (κ3) is 2.88. The normalized spacial score (nSPS) is 14.3. The van der Waals surface area contributed by atoms with Crippen molar-refractivity contribution in [1.29, 1.82) is 0 Å². The van der Waals surface area contributed by atoms with Gasteiger partial charge in [-0.2, -0.15) is 0 Å². The van der Waals surface area contributed by atoms with E-state index in [0.29, 0.717) is 28.5 Å². The number of fused-ring (bicyclic) bond motifs is 1. The van der Waals surface area contributed by atoms with Crippen LogP contribution in [0.2, 0.25) is 5.02 Å². The lowest BCUT2D eigenvalue weighted by molar-refractivity contribution is 0.598. The summed E-state index contributed by atoms with van der Waals surface area (Å²) in [6, 6.07) is 8.01. The fourth-order valence-corrected chi connectivity index (χ4v) is 3.95. The van der Waals surface area contributed by atoms with E-state index in [0.717, 1.165) is 10.6 Å². The van der Waals surface area contributed by atoms with Gasteiger partial charge in [-0.3, -0.25) is 0 Å². The number of anilines is 2. The first-order valence-corrected chi connectivity index (χ1v) is 9.00. The largest absolute Gasteiger partial charge is 0.399 e. The van der Waals surface area contributed by atoms with Crippen molar-refractivity contribution in [3.63, 3.8) is 0 Å². The lowest BCUT2D eigenvalue weighted by Gasteiger charge is -2.20. The molecule has 3 rings (SSSR count). The van der Waals surface area contributed by atoms with Crippen molar-refractivity contribution in [3.05, 3.63) is 35.4 Å². The number of hydrogen-bond acceptors (Lipinski definition) is 6. The van der Waals surface area contributed by atoms with Gasteiger partial charge in [0, 0.05) is 21.7 Å². The van der Waals surface area contributed by atoms with Crippen LogP contribution in [0.25, 0.3) is 11.1 Å². The average Bonchev–Trinajstić information content (AvgIpc) is 2.45. The molecule has 0 unspecified atom stereocenters.